The Kier molecular flexibility index (Phi) is 2.87. The van der Waals surface area contributed by atoms with Gasteiger partial charge in [-0.25, -0.2) is 0 Å². The van der Waals surface area contributed by atoms with E-state index in [9.17, 15) is 0 Å². The first-order valence-electron chi connectivity index (χ1n) is 4.79. The molecule has 0 bridgehead atoms. The second kappa shape index (κ2) is 4.32. The van der Waals surface area contributed by atoms with Crippen molar-refractivity contribution in [1.29, 1.82) is 0 Å². The third-order valence-corrected chi connectivity index (χ3v) is 2.43. The molecule has 1 aromatic heterocycles. The first-order valence-corrected chi connectivity index (χ1v) is 4.79. The largest absolute Gasteiger partial charge is 0.469 e. The minimum atomic E-state index is 0.228. The number of nitrogens with one attached hydrogen (secondary N) is 1. The van der Waals surface area contributed by atoms with Crippen molar-refractivity contribution >= 4 is 0 Å². The van der Waals surface area contributed by atoms with Crippen molar-refractivity contribution in [2.45, 2.75) is 25.3 Å². The highest BCUT2D eigenvalue weighted by Gasteiger charge is 2.22. The Morgan fingerprint density at radius 3 is 3.50 bits per heavy atom. The van der Waals surface area contributed by atoms with Crippen LogP contribution in [0.5, 0.6) is 0 Å². The molecule has 1 unspecified atom stereocenters. The van der Waals surface area contributed by atoms with Gasteiger partial charge >= 0.3 is 0 Å². The van der Waals surface area contributed by atoms with Crippen molar-refractivity contribution in [2.24, 2.45) is 0 Å². The Morgan fingerprint density at radius 2 is 2.64 bits per heavy atom. The highest BCUT2D eigenvalue weighted by molar-refractivity contribution is 5.23. The molecule has 0 aliphatic heterocycles. The van der Waals surface area contributed by atoms with E-state index in [1.807, 2.05) is 6.07 Å². The Hall–Kier alpha value is -1.24. The van der Waals surface area contributed by atoms with Gasteiger partial charge in [0.2, 0.25) is 0 Å². The van der Waals surface area contributed by atoms with Crippen molar-refractivity contribution < 1.29 is 9.25 Å². The van der Waals surface area contributed by atoms with Crippen LogP contribution in [0.15, 0.2) is 16.7 Å². The first kappa shape index (κ1) is 9.32. The van der Waals surface area contributed by atoms with Crippen LogP contribution < -0.4 is 5.48 Å². The average Bonchev–Trinajstić information content (AvgIpc) is 2.67. The van der Waals surface area contributed by atoms with Crippen molar-refractivity contribution in [3.05, 3.63) is 23.7 Å². The molecular formula is C11H13NO2. The molecule has 2 rings (SSSR count). The van der Waals surface area contributed by atoms with Gasteiger partial charge in [0.1, 0.15) is 12.4 Å². The van der Waals surface area contributed by atoms with Crippen LogP contribution in [0.3, 0.4) is 0 Å². The number of furan rings is 1. The summed E-state index contributed by atoms with van der Waals surface area (Å²) < 4.78 is 5.36. The summed E-state index contributed by atoms with van der Waals surface area (Å²) in [6, 6.07) is 2.22. The Labute approximate surface area is 83.4 Å². The highest BCUT2D eigenvalue weighted by atomic mass is 16.6. The number of hydroxylamine groups is 1. The van der Waals surface area contributed by atoms with Crippen molar-refractivity contribution in [3.8, 4) is 12.3 Å². The van der Waals surface area contributed by atoms with Crippen LogP contribution in [-0.2, 0) is 11.3 Å². The van der Waals surface area contributed by atoms with Crippen molar-refractivity contribution in [3.63, 3.8) is 0 Å². The van der Waals surface area contributed by atoms with Crippen LogP contribution in [0.2, 0.25) is 0 Å². The lowest BCUT2D eigenvalue weighted by atomic mass is 9.94. The topological polar surface area (TPSA) is 34.4 Å². The molecular weight excluding hydrogens is 178 g/mol. The molecule has 1 aromatic rings. The monoisotopic (exact) mass is 191 g/mol. The number of aryl methyl sites for hydroxylation is 1. The van der Waals surface area contributed by atoms with Gasteiger partial charge < -0.3 is 4.42 Å². The quantitative estimate of drug-likeness (QED) is 0.449. The molecule has 1 aliphatic rings. The molecule has 3 heteroatoms. The summed E-state index contributed by atoms with van der Waals surface area (Å²) >= 11 is 0. The summed E-state index contributed by atoms with van der Waals surface area (Å²) in [6.45, 7) is 0.295. The van der Waals surface area contributed by atoms with E-state index < -0.39 is 0 Å². The summed E-state index contributed by atoms with van der Waals surface area (Å²) in [5, 5.41) is 0. The van der Waals surface area contributed by atoms with Crippen LogP contribution in [0.1, 0.15) is 30.2 Å². The van der Waals surface area contributed by atoms with E-state index in [-0.39, 0.29) is 6.04 Å². The SMILES string of the molecule is C#CCONC1CCCc2occc21. The lowest BCUT2D eigenvalue weighted by molar-refractivity contribution is 0.0324. The van der Waals surface area contributed by atoms with Gasteiger partial charge in [0.05, 0.1) is 12.3 Å². The van der Waals surface area contributed by atoms with E-state index in [2.05, 4.69) is 11.4 Å². The maximum absolute atomic E-state index is 5.36. The predicted molar refractivity (Wildman–Crippen MR) is 52.3 cm³/mol. The zero-order chi connectivity index (χ0) is 9.80. The molecule has 1 heterocycles. The maximum atomic E-state index is 5.36. The van der Waals surface area contributed by atoms with E-state index in [1.165, 1.54) is 5.56 Å². The first-order chi connectivity index (χ1) is 6.92. The summed E-state index contributed by atoms with van der Waals surface area (Å²) in [4.78, 5) is 5.12. The van der Waals surface area contributed by atoms with Gasteiger partial charge in [-0.05, 0) is 18.9 Å². The number of terminal acetylenes is 1. The van der Waals surface area contributed by atoms with E-state index >= 15 is 0 Å². The van der Waals surface area contributed by atoms with Gasteiger partial charge in [-0.1, -0.05) is 5.92 Å². The summed E-state index contributed by atoms with van der Waals surface area (Å²) in [6.07, 6.45) is 10.0. The van der Waals surface area contributed by atoms with Gasteiger partial charge in [-0.15, -0.1) is 6.42 Å². The number of rotatable bonds is 3. The highest BCUT2D eigenvalue weighted by Crippen LogP contribution is 2.30. The summed E-state index contributed by atoms with van der Waals surface area (Å²) in [5.41, 5.74) is 4.16. The third kappa shape index (κ3) is 1.82. The summed E-state index contributed by atoms with van der Waals surface area (Å²) in [7, 11) is 0. The average molecular weight is 191 g/mol. The number of hydrogen-bond donors (Lipinski definition) is 1. The van der Waals surface area contributed by atoms with Crippen molar-refractivity contribution in [2.75, 3.05) is 6.61 Å². The van der Waals surface area contributed by atoms with Gasteiger partial charge in [0.15, 0.2) is 0 Å². The van der Waals surface area contributed by atoms with E-state index in [0.29, 0.717) is 6.61 Å². The molecule has 0 spiro atoms. The van der Waals surface area contributed by atoms with Crippen LogP contribution in [0.4, 0.5) is 0 Å². The standard InChI is InChI=1S/C11H13NO2/c1-2-7-14-12-10-4-3-5-11-9(10)6-8-13-11/h1,6,8,10,12H,3-5,7H2. The fourth-order valence-corrected chi connectivity index (χ4v) is 1.79. The molecule has 1 N–H and O–H groups in total. The van der Waals surface area contributed by atoms with E-state index in [0.717, 1.165) is 25.0 Å². The van der Waals surface area contributed by atoms with Gasteiger partial charge in [-0.3, -0.25) is 4.84 Å². The van der Waals surface area contributed by atoms with Crippen LogP contribution in [0, 0.1) is 12.3 Å². The Balaban J connectivity index is 1.99. The fraction of sp³-hybridized carbons (Fsp3) is 0.455. The molecule has 0 radical (unpaired) electrons. The number of fused-ring (bicyclic) bond motifs is 1. The van der Waals surface area contributed by atoms with Crippen LogP contribution >= 0.6 is 0 Å². The van der Waals surface area contributed by atoms with Gasteiger partial charge in [-0.2, -0.15) is 5.48 Å². The zero-order valence-corrected chi connectivity index (χ0v) is 7.95. The van der Waals surface area contributed by atoms with Gasteiger partial charge in [0, 0.05) is 12.0 Å². The van der Waals surface area contributed by atoms with Crippen molar-refractivity contribution in [1.82, 2.24) is 5.48 Å². The fourth-order valence-electron chi connectivity index (χ4n) is 1.79. The molecule has 74 valence electrons. The summed E-state index contributed by atoms with van der Waals surface area (Å²) in [5.74, 6) is 3.48. The van der Waals surface area contributed by atoms with Crippen LogP contribution in [-0.4, -0.2) is 6.61 Å². The molecule has 0 saturated carbocycles. The predicted octanol–water partition coefficient (Wildman–Crippen LogP) is 1.81. The molecule has 0 aromatic carbocycles. The van der Waals surface area contributed by atoms with Crippen LogP contribution in [0.25, 0.3) is 0 Å². The van der Waals surface area contributed by atoms with Gasteiger partial charge in [0.25, 0.3) is 0 Å². The molecule has 3 nitrogen and oxygen atoms in total. The minimum Gasteiger partial charge on any atom is -0.469 e. The molecule has 0 amide bonds. The third-order valence-electron chi connectivity index (χ3n) is 2.43. The second-order valence-corrected chi connectivity index (χ2v) is 3.35. The second-order valence-electron chi connectivity index (χ2n) is 3.35. The minimum absolute atomic E-state index is 0.228. The number of hydrogen-bond acceptors (Lipinski definition) is 3. The lowest BCUT2D eigenvalue weighted by Gasteiger charge is -2.21. The Morgan fingerprint density at radius 1 is 1.71 bits per heavy atom. The Bertz CT molecular complexity index is 337. The molecule has 1 atom stereocenters. The molecule has 0 saturated heterocycles. The molecule has 1 aliphatic carbocycles. The molecule has 0 fully saturated rings. The molecule has 14 heavy (non-hydrogen) atoms. The lowest BCUT2D eigenvalue weighted by Crippen LogP contribution is -2.24. The van der Waals surface area contributed by atoms with E-state index in [1.54, 1.807) is 6.26 Å². The maximum Gasteiger partial charge on any atom is 0.128 e. The smallest absolute Gasteiger partial charge is 0.128 e. The van der Waals surface area contributed by atoms with E-state index in [4.69, 9.17) is 15.7 Å². The normalized spacial score (nSPS) is 20.1. The zero-order valence-electron chi connectivity index (χ0n) is 7.95.